The van der Waals surface area contributed by atoms with E-state index in [0.717, 1.165) is 26.2 Å². The molecule has 0 aliphatic carbocycles. The summed E-state index contributed by atoms with van der Waals surface area (Å²) in [5.74, 6) is 0. The van der Waals surface area contributed by atoms with Crippen molar-refractivity contribution in [2.75, 3.05) is 39.8 Å². The van der Waals surface area contributed by atoms with Gasteiger partial charge in [0.25, 0.3) is 0 Å². The summed E-state index contributed by atoms with van der Waals surface area (Å²) in [7, 11) is 2.01. The van der Waals surface area contributed by atoms with Crippen molar-refractivity contribution in [1.82, 2.24) is 10.2 Å². The van der Waals surface area contributed by atoms with Crippen LogP contribution in [-0.2, 0) is 4.74 Å². The van der Waals surface area contributed by atoms with E-state index in [1.165, 1.54) is 25.8 Å². The Kier molecular flexibility index (Phi) is 18.9. The molecule has 0 aromatic carbocycles. The number of ether oxygens (including phenoxy) is 1. The highest BCUT2D eigenvalue weighted by Crippen LogP contribution is 2.10. The van der Waals surface area contributed by atoms with E-state index in [0.29, 0.717) is 6.10 Å². The molecule has 1 N–H and O–H groups in total. The molecule has 0 amide bonds. The first-order chi connectivity index (χ1) is 8.86. The molecule has 0 aromatic rings. The van der Waals surface area contributed by atoms with E-state index >= 15 is 0 Å². The number of morpholine rings is 1. The number of rotatable bonds is 6. The molecule has 1 unspecified atom stereocenters. The van der Waals surface area contributed by atoms with Crippen LogP contribution in [0.1, 0.15) is 53.9 Å². The SMILES string of the molecule is CC.CC.CCCN1CCOC(CCCNC)C1. The summed E-state index contributed by atoms with van der Waals surface area (Å²) in [5.41, 5.74) is 0. The molecule has 1 rings (SSSR count). The Hall–Kier alpha value is -0.120. The zero-order valence-corrected chi connectivity index (χ0v) is 13.6. The van der Waals surface area contributed by atoms with Crippen molar-refractivity contribution in [3.05, 3.63) is 0 Å². The standard InChI is InChI=1S/C11H24N2O.2C2H6/c1-3-7-13-8-9-14-11(10-13)5-4-6-12-2;2*1-2/h11-12H,3-10H2,1-2H3;2*1-2H3. The summed E-state index contributed by atoms with van der Waals surface area (Å²) in [4.78, 5) is 2.52. The van der Waals surface area contributed by atoms with Crippen LogP contribution in [0, 0.1) is 0 Å². The van der Waals surface area contributed by atoms with Gasteiger partial charge in [-0.25, -0.2) is 0 Å². The number of nitrogens with one attached hydrogen (secondary N) is 1. The van der Waals surface area contributed by atoms with Crippen LogP contribution >= 0.6 is 0 Å². The van der Waals surface area contributed by atoms with Crippen LogP contribution in [0.25, 0.3) is 0 Å². The van der Waals surface area contributed by atoms with Gasteiger partial charge in [0.1, 0.15) is 0 Å². The van der Waals surface area contributed by atoms with Gasteiger partial charge in [-0.2, -0.15) is 0 Å². The van der Waals surface area contributed by atoms with Gasteiger partial charge >= 0.3 is 0 Å². The molecule has 1 heterocycles. The van der Waals surface area contributed by atoms with Crippen LogP contribution in [0.2, 0.25) is 0 Å². The third kappa shape index (κ3) is 11.0. The smallest absolute Gasteiger partial charge is 0.0703 e. The molecule has 0 spiro atoms. The van der Waals surface area contributed by atoms with Gasteiger partial charge in [0, 0.05) is 13.1 Å². The van der Waals surface area contributed by atoms with E-state index < -0.39 is 0 Å². The van der Waals surface area contributed by atoms with E-state index in [-0.39, 0.29) is 0 Å². The molecule has 3 heteroatoms. The summed E-state index contributed by atoms with van der Waals surface area (Å²) >= 11 is 0. The van der Waals surface area contributed by atoms with Crippen LogP contribution in [0.4, 0.5) is 0 Å². The summed E-state index contributed by atoms with van der Waals surface area (Å²) in [6.07, 6.45) is 4.15. The van der Waals surface area contributed by atoms with Crippen molar-refractivity contribution < 1.29 is 4.74 Å². The fraction of sp³-hybridized carbons (Fsp3) is 1.00. The van der Waals surface area contributed by atoms with Gasteiger partial charge in [0.15, 0.2) is 0 Å². The first kappa shape index (κ1) is 20.2. The minimum Gasteiger partial charge on any atom is -0.376 e. The highest BCUT2D eigenvalue weighted by molar-refractivity contribution is 4.71. The Labute approximate surface area is 115 Å². The Bertz CT molecular complexity index is 140. The largest absolute Gasteiger partial charge is 0.376 e. The lowest BCUT2D eigenvalue weighted by molar-refractivity contribution is -0.0324. The van der Waals surface area contributed by atoms with Crippen molar-refractivity contribution in [3.63, 3.8) is 0 Å². The van der Waals surface area contributed by atoms with Gasteiger partial charge in [-0.3, -0.25) is 4.90 Å². The van der Waals surface area contributed by atoms with Gasteiger partial charge in [0.2, 0.25) is 0 Å². The molecule has 0 radical (unpaired) electrons. The molecule has 0 saturated carbocycles. The lowest BCUT2D eigenvalue weighted by Crippen LogP contribution is -2.42. The molecule has 1 aliphatic heterocycles. The highest BCUT2D eigenvalue weighted by Gasteiger charge is 2.18. The predicted octanol–water partition coefficient (Wildman–Crippen LogP) is 3.15. The second-order valence-corrected chi connectivity index (χ2v) is 4.04. The maximum atomic E-state index is 5.73. The zero-order chi connectivity index (χ0) is 14.2. The van der Waals surface area contributed by atoms with Crippen molar-refractivity contribution in [2.45, 2.75) is 60.0 Å². The molecule has 1 aliphatic rings. The van der Waals surface area contributed by atoms with Crippen molar-refractivity contribution in [2.24, 2.45) is 0 Å². The van der Waals surface area contributed by atoms with Gasteiger partial charge in [-0.1, -0.05) is 34.6 Å². The molecule has 112 valence electrons. The van der Waals surface area contributed by atoms with E-state index in [1.807, 2.05) is 34.7 Å². The van der Waals surface area contributed by atoms with E-state index in [9.17, 15) is 0 Å². The summed E-state index contributed by atoms with van der Waals surface area (Å²) in [6.45, 7) is 15.8. The van der Waals surface area contributed by atoms with Crippen molar-refractivity contribution in [1.29, 1.82) is 0 Å². The van der Waals surface area contributed by atoms with Gasteiger partial charge in [-0.05, 0) is 39.4 Å². The van der Waals surface area contributed by atoms with E-state index in [4.69, 9.17) is 4.74 Å². The number of hydrogen-bond acceptors (Lipinski definition) is 3. The van der Waals surface area contributed by atoms with Gasteiger partial charge < -0.3 is 10.1 Å². The Morgan fingerprint density at radius 1 is 1.22 bits per heavy atom. The highest BCUT2D eigenvalue weighted by atomic mass is 16.5. The monoisotopic (exact) mass is 260 g/mol. The molecule has 3 nitrogen and oxygen atoms in total. The Morgan fingerprint density at radius 2 is 1.89 bits per heavy atom. The average Bonchev–Trinajstić information content (AvgIpc) is 2.44. The Morgan fingerprint density at radius 3 is 2.44 bits per heavy atom. The second-order valence-electron chi connectivity index (χ2n) is 4.04. The van der Waals surface area contributed by atoms with Crippen molar-refractivity contribution in [3.8, 4) is 0 Å². The average molecular weight is 260 g/mol. The predicted molar refractivity (Wildman–Crippen MR) is 82.3 cm³/mol. The first-order valence-electron chi connectivity index (χ1n) is 7.85. The van der Waals surface area contributed by atoms with E-state index in [1.54, 1.807) is 0 Å². The fourth-order valence-electron chi connectivity index (χ4n) is 1.98. The van der Waals surface area contributed by atoms with Crippen LogP contribution in [0.3, 0.4) is 0 Å². The van der Waals surface area contributed by atoms with E-state index in [2.05, 4.69) is 17.1 Å². The van der Waals surface area contributed by atoms with Gasteiger partial charge in [0.05, 0.1) is 12.7 Å². The molecular weight excluding hydrogens is 224 g/mol. The minimum atomic E-state index is 0.476. The zero-order valence-electron chi connectivity index (χ0n) is 13.6. The van der Waals surface area contributed by atoms with Crippen LogP contribution in [0.5, 0.6) is 0 Å². The van der Waals surface area contributed by atoms with Crippen LogP contribution in [-0.4, -0.2) is 50.8 Å². The number of hydrogen-bond donors (Lipinski definition) is 1. The lowest BCUT2D eigenvalue weighted by Gasteiger charge is -2.32. The summed E-state index contributed by atoms with van der Waals surface area (Å²) in [6, 6.07) is 0. The summed E-state index contributed by atoms with van der Waals surface area (Å²) in [5, 5.41) is 3.17. The fourth-order valence-corrected chi connectivity index (χ4v) is 1.98. The molecular formula is C15H36N2O. The maximum Gasteiger partial charge on any atom is 0.0703 e. The first-order valence-corrected chi connectivity index (χ1v) is 7.85. The van der Waals surface area contributed by atoms with Gasteiger partial charge in [-0.15, -0.1) is 0 Å². The molecule has 1 fully saturated rings. The normalized spacial score (nSPS) is 19.3. The minimum absolute atomic E-state index is 0.476. The topological polar surface area (TPSA) is 24.5 Å². The second kappa shape index (κ2) is 16.9. The van der Waals surface area contributed by atoms with Crippen LogP contribution < -0.4 is 5.32 Å². The molecule has 0 aromatic heterocycles. The molecule has 1 saturated heterocycles. The molecule has 0 bridgehead atoms. The lowest BCUT2D eigenvalue weighted by atomic mass is 10.1. The quantitative estimate of drug-likeness (QED) is 0.743. The summed E-state index contributed by atoms with van der Waals surface area (Å²) < 4.78 is 5.73. The number of nitrogens with zero attached hydrogens (tertiary/aromatic N) is 1. The van der Waals surface area contributed by atoms with Crippen LogP contribution in [0.15, 0.2) is 0 Å². The molecule has 1 atom stereocenters. The Balaban J connectivity index is 0. The third-order valence-electron chi connectivity index (χ3n) is 2.72. The van der Waals surface area contributed by atoms with Crippen molar-refractivity contribution >= 4 is 0 Å². The molecule has 18 heavy (non-hydrogen) atoms. The maximum absolute atomic E-state index is 5.73. The third-order valence-corrected chi connectivity index (χ3v) is 2.72.